The van der Waals surface area contributed by atoms with Gasteiger partial charge in [0.05, 0.1) is 30.0 Å². The van der Waals surface area contributed by atoms with E-state index in [4.69, 9.17) is 9.47 Å². The third kappa shape index (κ3) is 3.77. The third-order valence-corrected chi connectivity index (χ3v) is 5.23. The number of aldehydes is 1. The summed E-state index contributed by atoms with van der Waals surface area (Å²) in [6.45, 7) is 8.70. The lowest BCUT2D eigenvalue weighted by molar-refractivity contribution is 0.0529. The number of aromatic nitrogens is 1. The first-order chi connectivity index (χ1) is 14.1. The normalized spacial score (nSPS) is 12.0. The molecule has 152 valence electrons. The van der Waals surface area contributed by atoms with Gasteiger partial charge in [-0.3, -0.25) is 4.79 Å². The minimum atomic E-state index is -0.448. The Kier molecular flexibility index (Phi) is 6.37. The van der Waals surface area contributed by atoms with E-state index in [0.717, 1.165) is 23.8 Å². The lowest BCUT2D eigenvalue weighted by atomic mass is 9.92. The molecule has 0 aliphatic heterocycles. The van der Waals surface area contributed by atoms with Crippen LogP contribution in [0.1, 0.15) is 66.4 Å². The Bertz CT molecular complexity index is 1030. The van der Waals surface area contributed by atoms with E-state index in [2.05, 4.69) is 13.8 Å². The number of benzene rings is 1. The molecule has 0 N–H and O–H groups in total. The predicted octanol–water partition coefficient (Wildman–Crippen LogP) is 5.51. The van der Waals surface area contributed by atoms with Gasteiger partial charge in [-0.2, -0.15) is 0 Å². The molecule has 0 bridgehead atoms. The zero-order chi connectivity index (χ0) is 21.0. The molecule has 3 aromatic rings. The minimum Gasteiger partial charge on any atom is -0.493 e. The van der Waals surface area contributed by atoms with Crippen LogP contribution < -0.4 is 4.74 Å². The van der Waals surface area contributed by atoms with Crippen molar-refractivity contribution in [2.24, 2.45) is 0 Å². The standard InChI is InChI=1S/C24H27NO4/c1-5-16(4)17-11-12-21(28-6-2)18(14-17)22-20(15-26)25-13-9-8-10-19(25)23(22)24(27)29-7-3/h8-16H,5-7H2,1-4H3. The van der Waals surface area contributed by atoms with E-state index < -0.39 is 5.97 Å². The summed E-state index contributed by atoms with van der Waals surface area (Å²) >= 11 is 0. The summed E-state index contributed by atoms with van der Waals surface area (Å²) < 4.78 is 13.0. The second kappa shape index (κ2) is 8.95. The van der Waals surface area contributed by atoms with Gasteiger partial charge in [-0.05, 0) is 56.0 Å². The Balaban J connectivity index is 2.40. The number of hydrogen-bond acceptors (Lipinski definition) is 4. The monoisotopic (exact) mass is 393 g/mol. The molecule has 0 saturated carbocycles. The number of ether oxygens (including phenoxy) is 2. The van der Waals surface area contributed by atoms with Crippen molar-refractivity contribution in [3.05, 3.63) is 59.4 Å². The van der Waals surface area contributed by atoms with Crippen molar-refractivity contribution in [1.29, 1.82) is 0 Å². The highest BCUT2D eigenvalue weighted by Gasteiger charge is 2.27. The lowest BCUT2D eigenvalue weighted by Crippen LogP contribution is -2.07. The van der Waals surface area contributed by atoms with Crippen LogP contribution in [0.25, 0.3) is 16.6 Å². The number of pyridine rings is 1. The van der Waals surface area contributed by atoms with Gasteiger partial charge in [0.2, 0.25) is 0 Å². The molecule has 1 aromatic carbocycles. The average Bonchev–Trinajstić information content (AvgIpc) is 3.08. The van der Waals surface area contributed by atoms with Gasteiger partial charge in [-0.1, -0.05) is 26.0 Å². The topological polar surface area (TPSA) is 57.0 Å². The molecule has 2 aromatic heterocycles. The summed E-state index contributed by atoms with van der Waals surface area (Å²) in [5.74, 6) is 0.534. The van der Waals surface area contributed by atoms with Crippen molar-refractivity contribution in [2.75, 3.05) is 13.2 Å². The van der Waals surface area contributed by atoms with Crippen LogP contribution in [0.15, 0.2) is 42.6 Å². The number of fused-ring (bicyclic) bond motifs is 1. The number of carbonyl (C=O) groups is 2. The molecule has 1 atom stereocenters. The van der Waals surface area contributed by atoms with Gasteiger partial charge in [-0.15, -0.1) is 0 Å². The van der Waals surface area contributed by atoms with Gasteiger partial charge >= 0.3 is 5.97 Å². The number of hydrogen-bond donors (Lipinski definition) is 0. The summed E-state index contributed by atoms with van der Waals surface area (Å²) in [4.78, 5) is 25.1. The van der Waals surface area contributed by atoms with Gasteiger partial charge in [-0.25, -0.2) is 4.79 Å². The van der Waals surface area contributed by atoms with Crippen LogP contribution in [-0.4, -0.2) is 29.9 Å². The van der Waals surface area contributed by atoms with Crippen LogP contribution in [0.2, 0.25) is 0 Å². The highest BCUT2D eigenvalue weighted by atomic mass is 16.5. The molecule has 0 saturated heterocycles. The van der Waals surface area contributed by atoms with Crippen LogP contribution in [0, 0.1) is 0 Å². The van der Waals surface area contributed by atoms with Crippen LogP contribution in [-0.2, 0) is 4.74 Å². The molecule has 29 heavy (non-hydrogen) atoms. The zero-order valence-electron chi connectivity index (χ0n) is 17.4. The van der Waals surface area contributed by atoms with Crippen LogP contribution in [0.4, 0.5) is 0 Å². The van der Waals surface area contributed by atoms with E-state index in [1.807, 2.05) is 43.3 Å². The predicted molar refractivity (Wildman–Crippen MR) is 114 cm³/mol. The van der Waals surface area contributed by atoms with Gasteiger partial charge in [0.1, 0.15) is 5.75 Å². The maximum Gasteiger partial charge on any atom is 0.340 e. The third-order valence-electron chi connectivity index (χ3n) is 5.23. The molecular formula is C24H27NO4. The summed E-state index contributed by atoms with van der Waals surface area (Å²) in [5, 5.41) is 0. The van der Waals surface area contributed by atoms with Crippen molar-refractivity contribution in [3.8, 4) is 16.9 Å². The van der Waals surface area contributed by atoms with Crippen LogP contribution in [0.5, 0.6) is 5.75 Å². The van der Waals surface area contributed by atoms with Crippen molar-refractivity contribution < 1.29 is 19.1 Å². The van der Waals surface area contributed by atoms with E-state index in [9.17, 15) is 9.59 Å². The van der Waals surface area contributed by atoms with Crippen molar-refractivity contribution in [1.82, 2.24) is 4.40 Å². The van der Waals surface area contributed by atoms with E-state index in [0.29, 0.717) is 40.6 Å². The van der Waals surface area contributed by atoms with E-state index in [-0.39, 0.29) is 6.61 Å². The van der Waals surface area contributed by atoms with Gasteiger partial charge in [0, 0.05) is 17.3 Å². The summed E-state index contributed by atoms with van der Waals surface area (Å²) in [6, 6.07) is 11.5. The SMILES string of the molecule is CCOC(=O)c1c(-c2cc(C(C)CC)ccc2OCC)c(C=O)n2ccccc12. The number of nitrogens with zero attached hydrogens (tertiary/aromatic N) is 1. The minimum absolute atomic E-state index is 0.254. The Hall–Kier alpha value is -3.08. The fourth-order valence-electron chi connectivity index (χ4n) is 3.60. The molecule has 5 heteroatoms. The molecule has 2 heterocycles. The Morgan fingerprint density at radius 2 is 1.93 bits per heavy atom. The quantitative estimate of drug-likeness (QED) is 0.374. The highest BCUT2D eigenvalue weighted by Crippen LogP contribution is 2.40. The molecule has 0 aliphatic carbocycles. The first-order valence-electron chi connectivity index (χ1n) is 10.1. The smallest absolute Gasteiger partial charge is 0.340 e. The number of rotatable bonds is 8. The van der Waals surface area contributed by atoms with Crippen molar-refractivity contribution >= 4 is 17.8 Å². The summed E-state index contributed by atoms with van der Waals surface area (Å²) in [5.41, 5.74) is 3.85. The Morgan fingerprint density at radius 1 is 1.14 bits per heavy atom. The second-order valence-electron chi connectivity index (χ2n) is 6.93. The molecule has 0 spiro atoms. The van der Waals surface area contributed by atoms with E-state index >= 15 is 0 Å². The fourth-order valence-corrected chi connectivity index (χ4v) is 3.60. The highest BCUT2D eigenvalue weighted by molar-refractivity contribution is 6.09. The van der Waals surface area contributed by atoms with Crippen molar-refractivity contribution in [3.63, 3.8) is 0 Å². The molecule has 1 unspecified atom stereocenters. The van der Waals surface area contributed by atoms with Gasteiger partial charge < -0.3 is 13.9 Å². The summed E-state index contributed by atoms with van der Waals surface area (Å²) in [7, 11) is 0. The number of carbonyl (C=O) groups excluding carboxylic acids is 2. The van der Waals surface area contributed by atoms with Crippen LogP contribution >= 0.6 is 0 Å². The largest absolute Gasteiger partial charge is 0.493 e. The summed E-state index contributed by atoms with van der Waals surface area (Å²) in [6.07, 6.45) is 3.55. The van der Waals surface area contributed by atoms with Gasteiger partial charge in [0.25, 0.3) is 0 Å². The molecule has 0 amide bonds. The number of esters is 1. The van der Waals surface area contributed by atoms with E-state index in [1.165, 1.54) is 0 Å². The molecule has 5 nitrogen and oxygen atoms in total. The Morgan fingerprint density at radius 3 is 2.59 bits per heavy atom. The zero-order valence-corrected chi connectivity index (χ0v) is 17.4. The lowest BCUT2D eigenvalue weighted by Gasteiger charge is -2.16. The van der Waals surface area contributed by atoms with Gasteiger partial charge in [0.15, 0.2) is 6.29 Å². The maximum absolute atomic E-state index is 12.9. The molecule has 0 aliphatic rings. The maximum atomic E-state index is 12.9. The molecule has 0 radical (unpaired) electrons. The molecule has 3 rings (SSSR count). The fraction of sp³-hybridized carbons (Fsp3) is 0.333. The van der Waals surface area contributed by atoms with Crippen LogP contribution in [0.3, 0.4) is 0 Å². The van der Waals surface area contributed by atoms with Crippen molar-refractivity contribution in [2.45, 2.75) is 40.0 Å². The second-order valence-corrected chi connectivity index (χ2v) is 6.93. The first-order valence-corrected chi connectivity index (χ1v) is 10.1. The first kappa shape index (κ1) is 20.6. The van der Waals surface area contributed by atoms with E-state index in [1.54, 1.807) is 17.5 Å². The Labute approximate surface area is 171 Å². The average molecular weight is 393 g/mol. The molecule has 0 fully saturated rings. The molecular weight excluding hydrogens is 366 g/mol.